The van der Waals surface area contributed by atoms with Crippen LogP contribution >= 0.6 is 0 Å². The normalized spacial score (nSPS) is 13.0. The smallest absolute Gasteiger partial charge is 0.309 e. The Morgan fingerprint density at radius 1 is 1.15 bits per heavy atom. The van der Waals surface area contributed by atoms with Crippen molar-refractivity contribution in [3.63, 3.8) is 0 Å². The van der Waals surface area contributed by atoms with Gasteiger partial charge in [-0.2, -0.15) is 0 Å². The molecule has 1 aliphatic heterocycles. The molecule has 6 nitrogen and oxygen atoms in total. The van der Waals surface area contributed by atoms with Gasteiger partial charge in [-0.1, -0.05) is 26.2 Å². The van der Waals surface area contributed by atoms with E-state index in [1.807, 2.05) is 0 Å². The van der Waals surface area contributed by atoms with Gasteiger partial charge < -0.3 is 24.1 Å². The topological polar surface area (TPSA) is 74.2 Å². The molecule has 0 saturated carbocycles. The van der Waals surface area contributed by atoms with E-state index in [0.717, 1.165) is 12.8 Å². The minimum absolute atomic E-state index is 0.111. The third-order valence-corrected chi connectivity index (χ3v) is 3.99. The quantitative estimate of drug-likeness (QED) is 0.468. The summed E-state index contributed by atoms with van der Waals surface area (Å²) in [5, 5.41) is 10.4. The largest absolute Gasteiger partial charge is 0.504 e. The van der Waals surface area contributed by atoms with E-state index in [-0.39, 0.29) is 31.4 Å². The number of fused-ring (bicyclic) bond motifs is 1. The van der Waals surface area contributed by atoms with Crippen molar-refractivity contribution >= 4 is 11.7 Å². The average Bonchev–Trinajstić information content (AvgIpc) is 2.63. The van der Waals surface area contributed by atoms with Crippen LogP contribution in [0.2, 0.25) is 0 Å². The molecule has 144 valence electrons. The molecule has 1 N–H and O–H groups in total. The summed E-state index contributed by atoms with van der Waals surface area (Å²) in [6, 6.07) is 5.16. The molecular weight excluding hydrogens is 336 g/mol. The Morgan fingerprint density at radius 2 is 2.00 bits per heavy atom. The molecule has 2 rings (SSSR count). The van der Waals surface area contributed by atoms with E-state index in [0.29, 0.717) is 36.0 Å². The van der Waals surface area contributed by atoms with Crippen LogP contribution in [0.1, 0.15) is 51.5 Å². The summed E-state index contributed by atoms with van der Waals surface area (Å²) in [5.41, 5.74) is 0.581. The fourth-order valence-electron chi connectivity index (χ4n) is 2.59. The highest BCUT2D eigenvalue weighted by Gasteiger charge is 2.21. The molecule has 0 atom stereocenters. The number of aliphatic hydroxyl groups is 1. The third kappa shape index (κ3) is 5.86. The zero-order chi connectivity index (χ0) is 18.8. The van der Waals surface area contributed by atoms with E-state index in [9.17, 15) is 9.90 Å². The first-order chi connectivity index (χ1) is 12.7. The summed E-state index contributed by atoms with van der Waals surface area (Å²) in [7, 11) is 0. The van der Waals surface area contributed by atoms with Crippen LogP contribution in [0.15, 0.2) is 24.0 Å². The van der Waals surface area contributed by atoms with Crippen LogP contribution in [-0.2, 0) is 14.3 Å². The molecule has 0 fully saturated rings. The maximum absolute atomic E-state index is 11.3. The summed E-state index contributed by atoms with van der Waals surface area (Å²) in [4.78, 5) is 11.3. The fraction of sp³-hybridized carbons (Fsp3) is 0.550. The van der Waals surface area contributed by atoms with Gasteiger partial charge in [-0.25, -0.2) is 0 Å². The number of hydrogen-bond donors (Lipinski definition) is 1. The molecule has 1 aromatic rings. The lowest BCUT2D eigenvalue weighted by Gasteiger charge is -2.21. The van der Waals surface area contributed by atoms with Gasteiger partial charge in [0, 0.05) is 6.07 Å². The molecule has 1 heterocycles. The second-order valence-electron chi connectivity index (χ2n) is 6.03. The fourth-order valence-corrected chi connectivity index (χ4v) is 2.59. The molecule has 0 bridgehead atoms. The summed E-state index contributed by atoms with van der Waals surface area (Å²) in [6.07, 6.45) is 4.63. The van der Waals surface area contributed by atoms with E-state index in [4.69, 9.17) is 18.9 Å². The van der Waals surface area contributed by atoms with Crippen molar-refractivity contribution in [3.05, 3.63) is 29.5 Å². The highest BCUT2D eigenvalue weighted by atomic mass is 16.5. The van der Waals surface area contributed by atoms with Crippen molar-refractivity contribution in [3.8, 4) is 11.5 Å². The Balaban J connectivity index is 1.89. The number of unbranched alkanes of at least 4 members (excludes halogenated alkanes) is 3. The van der Waals surface area contributed by atoms with Crippen molar-refractivity contribution in [2.24, 2.45) is 0 Å². The van der Waals surface area contributed by atoms with Gasteiger partial charge in [0.25, 0.3) is 0 Å². The van der Waals surface area contributed by atoms with Crippen LogP contribution < -0.4 is 9.47 Å². The first-order valence-corrected chi connectivity index (χ1v) is 9.26. The molecule has 0 saturated heterocycles. The van der Waals surface area contributed by atoms with Gasteiger partial charge in [0.2, 0.25) is 0 Å². The number of esters is 1. The van der Waals surface area contributed by atoms with Gasteiger partial charge in [-0.05, 0) is 25.5 Å². The maximum Gasteiger partial charge on any atom is 0.309 e. The Labute approximate surface area is 154 Å². The number of benzene rings is 1. The lowest BCUT2D eigenvalue weighted by atomic mass is 10.1. The summed E-state index contributed by atoms with van der Waals surface area (Å²) in [5.74, 6) is 1.40. The second-order valence-corrected chi connectivity index (χ2v) is 6.03. The molecule has 6 heteroatoms. The van der Waals surface area contributed by atoms with Crippen molar-refractivity contribution in [2.75, 3.05) is 26.4 Å². The number of ether oxygens (including phenoxy) is 4. The van der Waals surface area contributed by atoms with Gasteiger partial charge >= 0.3 is 5.97 Å². The Kier molecular flexibility index (Phi) is 8.12. The number of aliphatic hydroxyl groups excluding tert-OH is 1. The minimum Gasteiger partial charge on any atom is -0.504 e. The standard InChI is InChI=1S/C20H28O6/c1-3-5-6-7-11-25-18-14-26-17-13-15(8-9-16(17)20(18)22)24-12-10-19(21)23-4-2/h8-9,13,22H,3-7,10-12,14H2,1-2H3. The molecule has 1 aliphatic rings. The first-order valence-electron chi connectivity index (χ1n) is 9.26. The molecule has 0 spiro atoms. The van der Waals surface area contributed by atoms with Crippen LogP contribution in [0.5, 0.6) is 11.5 Å². The minimum atomic E-state index is -0.289. The molecule has 1 aromatic carbocycles. The molecule has 0 aliphatic carbocycles. The van der Waals surface area contributed by atoms with Crippen molar-refractivity contribution in [1.29, 1.82) is 0 Å². The SMILES string of the molecule is CCCCCCOC1=C(O)c2ccc(OCCC(=O)OCC)cc2OC1. The predicted molar refractivity (Wildman–Crippen MR) is 98.3 cm³/mol. The number of carbonyl (C=O) groups excluding carboxylic acids is 1. The van der Waals surface area contributed by atoms with E-state index >= 15 is 0 Å². The van der Waals surface area contributed by atoms with Crippen LogP contribution in [-0.4, -0.2) is 37.5 Å². The van der Waals surface area contributed by atoms with Crippen molar-refractivity contribution in [1.82, 2.24) is 0 Å². The summed E-state index contributed by atoms with van der Waals surface area (Å²) < 4.78 is 21.7. The van der Waals surface area contributed by atoms with E-state index < -0.39 is 0 Å². The third-order valence-electron chi connectivity index (χ3n) is 3.99. The average molecular weight is 364 g/mol. The zero-order valence-electron chi connectivity index (χ0n) is 15.6. The van der Waals surface area contributed by atoms with Crippen molar-refractivity contribution in [2.45, 2.75) is 46.0 Å². The highest BCUT2D eigenvalue weighted by Crippen LogP contribution is 2.34. The van der Waals surface area contributed by atoms with Gasteiger partial charge in [0.05, 0.1) is 31.8 Å². The van der Waals surface area contributed by atoms with Crippen LogP contribution in [0.4, 0.5) is 0 Å². The monoisotopic (exact) mass is 364 g/mol. The molecule has 0 amide bonds. The Hall–Kier alpha value is -2.37. The first kappa shape index (κ1) is 19.9. The molecule has 26 heavy (non-hydrogen) atoms. The van der Waals surface area contributed by atoms with E-state index in [1.54, 1.807) is 25.1 Å². The zero-order valence-corrected chi connectivity index (χ0v) is 15.6. The van der Waals surface area contributed by atoms with Gasteiger partial charge in [0.1, 0.15) is 18.1 Å². The lowest BCUT2D eigenvalue weighted by Crippen LogP contribution is -2.14. The second kappa shape index (κ2) is 10.6. The Bertz CT molecular complexity index is 623. The van der Waals surface area contributed by atoms with Crippen LogP contribution in [0.25, 0.3) is 5.76 Å². The van der Waals surface area contributed by atoms with Crippen LogP contribution in [0.3, 0.4) is 0 Å². The van der Waals surface area contributed by atoms with Gasteiger partial charge in [-0.3, -0.25) is 4.79 Å². The summed E-state index contributed by atoms with van der Waals surface area (Å²) >= 11 is 0. The molecular formula is C20H28O6. The van der Waals surface area contributed by atoms with E-state index in [1.165, 1.54) is 12.8 Å². The predicted octanol–water partition coefficient (Wildman–Crippen LogP) is 4.23. The molecule has 0 aromatic heterocycles. The lowest BCUT2D eigenvalue weighted by molar-refractivity contribution is -0.143. The van der Waals surface area contributed by atoms with Gasteiger partial charge in [-0.15, -0.1) is 0 Å². The molecule has 0 radical (unpaired) electrons. The number of rotatable bonds is 11. The van der Waals surface area contributed by atoms with Crippen molar-refractivity contribution < 1.29 is 28.8 Å². The highest BCUT2D eigenvalue weighted by molar-refractivity contribution is 5.70. The number of hydrogen-bond acceptors (Lipinski definition) is 6. The maximum atomic E-state index is 11.3. The Morgan fingerprint density at radius 3 is 2.77 bits per heavy atom. The van der Waals surface area contributed by atoms with Gasteiger partial charge in [0.15, 0.2) is 11.5 Å². The summed E-state index contributed by atoms with van der Waals surface area (Å²) in [6.45, 7) is 5.29. The number of carbonyl (C=O) groups is 1. The van der Waals surface area contributed by atoms with E-state index in [2.05, 4.69) is 6.92 Å². The van der Waals surface area contributed by atoms with Crippen LogP contribution in [0, 0.1) is 0 Å². The molecule has 0 unspecified atom stereocenters.